The number of ketones is 1. The van der Waals surface area contributed by atoms with Gasteiger partial charge >= 0.3 is 0 Å². The van der Waals surface area contributed by atoms with Crippen molar-refractivity contribution >= 4 is 22.4 Å². The van der Waals surface area contributed by atoms with E-state index in [2.05, 4.69) is 24.1 Å². The molecule has 0 unspecified atom stereocenters. The zero-order valence-corrected chi connectivity index (χ0v) is 15.2. The van der Waals surface area contributed by atoms with Crippen LogP contribution >= 0.6 is 0 Å². The van der Waals surface area contributed by atoms with Crippen molar-refractivity contribution in [3.8, 4) is 5.75 Å². The Bertz CT molecular complexity index is 1030. The number of carbonyl (C=O) groups is 1. The fraction of sp³-hybridized carbons (Fsp3) is 0.286. The van der Waals surface area contributed by atoms with E-state index in [4.69, 9.17) is 4.74 Å². The molecule has 0 radical (unpaired) electrons. The predicted octanol–water partition coefficient (Wildman–Crippen LogP) is 4.40. The summed E-state index contributed by atoms with van der Waals surface area (Å²) in [6, 6.07) is 9.99. The van der Waals surface area contributed by atoms with Crippen LogP contribution in [0.1, 0.15) is 46.6 Å². The molecule has 2 N–H and O–H groups in total. The maximum absolute atomic E-state index is 13.4. The summed E-state index contributed by atoms with van der Waals surface area (Å²) in [5.74, 6) is 0.888. The molecule has 0 saturated heterocycles. The number of ether oxygens (including phenoxy) is 1. The second-order valence-electron chi connectivity index (χ2n) is 7.17. The summed E-state index contributed by atoms with van der Waals surface area (Å²) in [6.07, 6.45) is 0. The van der Waals surface area contributed by atoms with Crippen molar-refractivity contribution in [1.82, 2.24) is 4.98 Å². The molecule has 1 aromatic heterocycles. The van der Waals surface area contributed by atoms with Gasteiger partial charge < -0.3 is 15.0 Å². The van der Waals surface area contributed by atoms with Crippen LogP contribution in [0, 0.1) is 6.92 Å². The number of aromatic nitrogens is 1. The van der Waals surface area contributed by atoms with E-state index in [0.29, 0.717) is 0 Å². The van der Waals surface area contributed by atoms with E-state index in [9.17, 15) is 4.79 Å². The Morgan fingerprint density at radius 2 is 1.96 bits per heavy atom. The van der Waals surface area contributed by atoms with Crippen LogP contribution in [0.25, 0.3) is 10.9 Å². The molecule has 0 saturated carbocycles. The number of methoxy groups -OCH3 is 1. The molecule has 1 aliphatic carbocycles. The van der Waals surface area contributed by atoms with Gasteiger partial charge in [-0.05, 0) is 42.3 Å². The molecular formula is C21H22N2O2. The quantitative estimate of drug-likeness (QED) is 0.730. The van der Waals surface area contributed by atoms with Crippen molar-refractivity contribution in [3.63, 3.8) is 0 Å². The summed E-state index contributed by atoms with van der Waals surface area (Å²) in [5, 5.41) is 4.19. The number of nitrogens with one attached hydrogen (secondary N) is 2. The van der Waals surface area contributed by atoms with Crippen LogP contribution in [0.4, 0.5) is 5.69 Å². The first-order valence-electron chi connectivity index (χ1n) is 8.47. The first-order chi connectivity index (χ1) is 11.9. The van der Waals surface area contributed by atoms with Crippen molar-refractivity contribution in [2.45, 2.75) is 26.2 Å². The minimum atomic E-state index is -0.316. The van der Waals surface area contributed by atoms with E-state index < -0.39 is 0 Å². The SMILES string of the molecule is CNc1cccc2[nH]c3c(c12)C(=O)c1cc(C)c(OC)cc1C3(C)C. The van der Waals surface area contributed by atoms with E-state index in [-0.39, 0.29) is 11.2 Å². The van der Waals surface area contributed by atoms with Gasteiger partial charge in [-0.15, -0.1) is 0 Å². The van der Waals surface area contributed by atoms with E-state index in [1.807, 2.05) is 44.3 Å². The van der Waals surface area contributed by atoms with Crippen LogP contribution in [0.5, 0.6) is 5.75 Å². The highest BCUT2D eigenvalue weighted by molar-refractivity contribution is 6.22. The lowest BCUT2D eigenvalue weighted by molar-refractivity contribution is 0.103. The third-order valence-corrected chi connectivity index (χ3v) is 5.40. The summed E-state index contributed by atoms with van der Waals surface area (Å²) >= 11 is 0. The minimum absolute atomic E-state index is 0.0732. The molecule has 0 amide bonds. The second kappa shape index (κ2) is 5.12. The third kappa shape index (κ3) is 1.97. The van der Waals surface area contributed by atoms with Crippen molar-refractivity contribution < 1.29 is 9.53 Å². The first-order valence-corrected chi connectivity index (χ1v) is 8.47. The Labute approximate surface area is 147 Å². The highest BCUT2D eigenvalue weighted by atomic mass is 16.5. The summed E-state index contributed by atoms with van der Waals surface area (Å²) in [6.45, 7) is 6.28. The Morgan fingerprint density at radius 3 is 2.64 bits per heavy atom. The van der Waals surface area contributed by atoms with Crippen LogP contribution in [0.2, 0.25) is 0 Å². The molecule has 0 spiro atoms. The first kappa shape index (κ1) is 15.8. The summed E-state index contributed by atoms with van der Waals surface area (Å²) in [7, 11) is 3.55. The third-order valence-electron chi connectivity index (χ3n) is 5.40. The van der Waals surface area contributed by atoms with Crippen molar-refractivity contribution in [2.75, 3.05) is 19.5 Å². The molecule has 4 heteroatoms. The van der Waals surface area contributed by atoms with Gasteiger partial charge in [-0.3, -0.25) is 4.79 Å². The number of aromatic amines is 1. The van der Waals surface area contributed by atoms with Crippen LogP contribution in [-0.4, -0.2) is 24.9 Å². The number of anilines is 1. The molecule has 1 aliphatic rings. The number of rotatable bonds is 2. The number of hydrogen-bond acceptors (Lipinski definition) is 3. The molecule has 4 nitrogen and oxygen atoms in total. The zero-order chi connectivity index (χ0) is 17.9. The molecule has 3 aromatic rings. The van der Waals surface area contributed by atoms with Gasteiger partial charge in [-0.1, -0.05) is 19.9 Å². The van der Waals surface area contributed by atoms with Crippen molar-refractivity contribution in [2.24, 2.45) is 0 Å². The largest absolute Gasteiger partial charge is 0.496 e. The van der Waals surface area contributed by atoms with E-state index >= 15 is 0 Å². The molecule has 0 aliphatic heterocycles. The predicted molar refractivity (Wildman–Crippen MR) is 101 cm³/mol. The van der Waals surface area contributed by atoms with E-state index in [1.165, 1.54) is 0 Å². The van der Waals surface area contributed by atoms with E-state index in [1.54, 1.807) is 7.11 Å². The van der Waals surface area contributed by atoms with Crippen LogP contribution < -0.4 is 10.1 Å². The number of hydrogen-bond donors (Lipinski definition) is 2. The maximum Gasteiger partial charge on any atom is 0.195 e. The molecular weight excluding hydrogens is 312 g/mol. The number of fused-ring (bicyclic) bond motifs is 4. The monoisotopic (exact) mass is 334 g/mol. The fourth-order valence-electron chi connectivity index (χ4n) is 4.03. The van der Waals surface area contributed by atoms with Gasteiger partial charge in [-0.25, -0.2) is 0 Å². The molecule has 4 rings (SSSR count). The smallest absolute Gasteiger partial charge is 0.195 e. The summed E-state index contributed by atoms with van der Waals surface area (Å²) < 4.78 is 5.49. The minimum Gasteiger partial charge on any atom is -0.496 e. The number of carbonyl (C=O) groups excluding carboxylic acids is 1. The summed E-state index contributed by atoms with van der Waals surface area (Å²) in [4.78, 5) is 16.9. The standard InChI is InChI=1S/C21H22N2O2/c1-11-9-12-13(10-16(11)25-5)21(2,3)20-18(19(12)24)17-14(22-4)7-6-8-15(17)23-20/h6-10,22-23H,1-5H3. The van der Waals surface area contributed by atoms with Crippen molar-refractivity contribution in [1.29, 1.82) is 0 Å². The van der Waals surface area contributed by atoms with Crippen molar-refractivity contribution in [3.05, 3.63) is 58.3 Å². The highest BCUT2D eigenvalue weighted by Gasteiger charge is 2.40. The lowest BCUT2D eigenvalue weighted by atomic mass is 9.71. The molecule has 25 heavy (non-hydrogen) atoms. The van der Waals surface area contributed by atoms with E-state index in [0.717, 1.165) is 50.3 Å². The molecule has 1 heterocycles. The zero-order valence-electron chi connectivity index (χ0n) is 15.2. The Kier molecular flexibility index (Phi) is 3.23. The number of aryl methyl sites for hydroxylation is 1. The van der Waals surface area contributed by atoms with Gasteiger partial charge in [0.1, 0.15) is 5.75 Å². The molecule has 0 atom stereocenters. The van der Waals surface area contributed by atoms with Crippen LogP contribution in [-0.2, 0) is 5.41 Å². The average Bonchev–Trinajstić information content (AvgIpc) is 3.00. The van der Waals surface area contributed by atoms with Gasteiger partial charge in [0.05, 0.1) is 12.7 Å². The normalized spacial score (nSPS) is 15.0. The van der Waals surface area contributed by atoms with Gasteiger partial charge in [-0.2, -0.15) is 0 Å². The van der Waals surface area contributed by atoms with Gasteiger partial charge in [0, 0.05) is 40.3 Å². The Balaban J connectivity index is 2.11. The van der Waals surface area contributed by atoms with Gasteiger partial charge in [0.15, 0.2) is 5.78 Å². The number of benzene rings is 2. The van der Waals surface area contributed by atoms with Gasteiger partial charge in [0.25, 0.3) is 0 Å². The van der Waals surface area contributed by atoms with Gasteiger partial charge in [0.2, 0.25) is 0 Å². The van der Waals surface area contributed by atoms with Crippen LogP contribution in [0.3, 0.4) is 0 Å². The lowest BCUT2D eigenvalue weighted by Crippen LogP contribution is -2.30. The lowest BCUT2D eigenvalue weighted by Gasteiger charge is -2.32. The Hall–Kier alpha value is -2.75. The molecule has 0 bridgehead atoms. The fourth-order valence-corrected chi connectivity index (χ4v) is 4.03. The van der Waals surface area contributed by atoms with Crippen LogP contribution in [0.15, 0.2) is 30.3 Å². The number of H-pyrrole nitrogens is 1. The average molecular weight is 334 g/mol. The molecule has 0 fully saturated rings. The highest BCUT2D eigenvalue weighted by Crippen LogP contribution is 2.46. The second-order valence-corrected chi connectivity index (χ2v) is 7.17. The molecule has 128 valence electrons. The Morgan fingerprint density at radius 1 is 1.20 bits per heavy atom. The topological polar surface area (TPSA) is 54.1 Å². The molecule has 2 aromatic carbocycles. The summed E-state index contributed by atoms with van der Waals surface area (Å²) in [5.41, 5.74) is 6.12. The maximum atomic E-state index is 13.4.